The highest BCUT2D eigenvalue weighted by Gasteiger charge is 2.25. The molecule has 2 aromatic carbocycles. The third-order valence-corrected chi connectivity index (χ3v) is 6.69. The van der Waals surface area contributed by atoms with E-state index in [1.165, 1.54) is 28.6 Å². The van der Waals surface area contributed by atoms with Gasteiger partial charge >= 0.3 is 5.97 Å². The number of nitro groups is 1. The van der Waals surface area contributed by atoms with Crippen molar-refractivity contribution in [2.75, 3.05) is 13.1 Å². The highest BCUT2D eigenvalue weighted by atomic mass is 32.2. The lowest BCUT2D eigenvalue weighted by molar-refractivity contribution is -0.384. The van der Waals surface area contributed by atoms with Crippen molar-refractivity contribution in [3.05, 3.63) is 64.2 Å². The maximum absolute atomic E-state index is 12.6. The molecule has 0 aliphatic carbocycles. The molecule has 8 nitrogen and oxygen atoms in total. The molecule has 3 rings (SSSR count). The summed E-state index contributed by atoms with van der Waals surface area (Å²) < 4.78 is 32.0. The van der Waals surface area contributed by atoms with Crippen LogP contribution in [-0.2, 0) is 21.2 Å². The molecule has 0 unspecified atom stereocenters. The molecular weight excluding hydrogens is 396 g/mol. The molecule has 1 fully saturated rings. The topological polar surface area (TPSA) is 107 Å². The van der Waals surface area contributed by atoms with E-state index < -0.39 is 20.9 Å². The van der Waals surface area contributed by atoms with Gasteiger partial charge in [0, 0.05) is 31.6 Å². The van der Waals surface area contributed by atoms with Gasteiger partial charge in [-0.25, -0.2) is 8.42 Å². The maximum Gasteiger partial charge on any atom is 0.311 e. The number of carbonyl (C=O) groups excluding carboxylic acids is 1. The van der Waals surface area contributed by atoms with Crippen molar-refractivity contribution in [2.24, 2.45) is 0 Å². The van der Waals surface area contributed by atoms with Crippen LogP contribution in [0.15, 0.2) is 53.4 Å². The Morgan fingerprint density at radius 3 is 2.21 bits per heavy atom. The Balaban J connectivity index is 1.54. The predicted molar refractivity (Wildman–Crippen MR) is 106 cm³/mol. The first-order valence-electron chi connectivity index (χ1n) is 9.40. The second-order valence-electron chi connectivity index (χ2n) is 6.83. The van der Waals surface area contributed by atoms with Gasteiger partial charge in [0.05, 0.1) is 9.82 Å². The zero-order valence-corrected chi connectivity index (χ0v) is 16.6. The van der Waals surface area contributed by atoms with E-state index in [1.807, 2.05) is 0 Å². The number of esters is 1. The van der Waals surface area contributed by atoms with Gasteiger partial charge in [0.25, 0.3) is 5.69 Å². The number of sulfonamides is 1. The van der Waals surface area contributed by atoms with E-state index in [0.29, 0.717) is 19.5 Å². The van der Waals surface area contributed by atoms with E-state index in [9.17, 15) is 23.3 Å². The van der Waals surface area contributed by atoms with Gasteiger partial charge in [-0.3, -0.25) is 14.9 Å². The zero-order chi connectivity index (χ0) is 20.9. The second-order valence-corrected chi connectivity index (χ2v) is 8.77. The number of rotatable bonds is 7. The number of benzene rings is 2. The summed E-state index contributed by atoms with van der Waals surface area (Å²) in [5.74, 6) is -0.229. The Labute approximate surface area is 169 Å². The molecule has 0 radical (unpaired) electrons. The first-order valence-corrected chi connectivity index (χ1v) is 10.8. The smallest absolute Gasteiger partial charge is 0.311 e. The summed E-state index contributed by atoms with van der Waals surface area (Å²) in [6, 6.07) is 11.8. The second kappa shape index (κ2) is 9.15. The molecule has 0 aromatic heterocycles. The van der Waals surface area contributed by atoms with Crippen LogP contribution in [0.3, 0.4) is 0 Å². The van der Waals surface area contributed by atoms with Gasteiger partial charge < -0.3 is 4.74 Å². The minimum atomic E-state index is -3.47. The lowest BCUT2D eigenvalue weighted by atomic mass is 10.1. The fourth-order valence-corrected chi connectivity index (χ4v) is 4.66. The van der Waals surface area contributed by atoms with Gasteiger partial charge in [-0.1, -0.05) is 18.6 Å². The number of nitrogens with zero attached hydrogens (tertiary/aromatic N) is 2. The quantitative estimate of drug-likeness (QED) is 0.295. The summed E-state index contributed by atoms with van der Waals surface area (Å²) in [4.78, 5) is 22.3. The molecule has 0 N–H and O–H groups in total. The minimum absolute atomic E-state index is 0.0793. The molecule has 1 aliphatic rings. The van der Waals surface area contributed by atoms with Crippen LogP contribution < -0.4 is 4.74 Å². The molecule has 154 valence electrons. The normalized spacial score (nSPS) is 15.0. The van der Waals surface area contributed by atoms with Crippen molar-refractivity contribution in [1.82, 2.24) is 4.31 Å². The van der Waals surface area contributed by atoms with E-state index in [2.05, 4.69) is 0 Å². The average Bonchev–Trinajstić information content (AvgIpc) is 2.73. The van der Waals surface area contributed by atoms with Crippen LogP contribution in [0.5, 0.6) is 5.75 Å². The third kappa shape index (κ3) is 5.39. The number of nitro benzene ring substituents is 1. The number of hydrogen-bond acceptors (Lipinski definition) is 6. The molecule has 0 spiro atoms. The minimum Gasteiger partial charge on any atom is -0.427 e. The van der Waals surface area contributed by atoms with Gasteiger partial charge in [0.15, 0.2) is 0 Å². The lowest BCUT2D eigenvalue weighted by Crippen LogP contribution is -2.35. The Kier molecular flexibility index (Phi) is 6.60. The van der Waals surface area contributed by atoms with Crippen molar-refractivity contribution in [3.63, 3.8) is 0 Å². The third-order valence-electron chi connectivity index (χ3n) is 4.77. The largest absolute Gasteiger partial charge is 0.427 e. The van der Waals surface area contributed by atoms with Crippen molar-refractivity contribution in [2.45, 2.75) is 37.0 Å². The molecule has 0 bridgehead atoms. The Morgan fingerprint density at radius 2 is 1.62 bits per heavy atom. The van der Waals surface area contributed by atoms with Gasteiger partial charge in [0.2, 0.25) is 10.0 Å². The summed E-state index contributed by atoms with van der Waals surface area (Å²) in [6.07, 6.45) is 3.33. The number of aryl methyl sites for hydroxylation is 1. The molecule has 0 amide bonds. The Morgan fingerprint density at radius 1 is 1.00 bits per heavy atom. The van der Waals surface area contributed by atoms with Gasteiger partial charge in [-0.2, -0.15) is 4.31 Å². The molecule has 29 heavy (non-hydrogen) atoms. The monoisotopic (exact) mass is 418 g/mol. The van der Waals surface area contributed by atoms with E-state index in [-0.39, 0.29) is 22.8 Å². The highest BCUT2D eigenvalue weighted by Crippen LogP contribution is 2.22. The van der Waals surface area contributed by atoms with Crippen molar-refractivity contribution in [3.8, 4) is 5.75 Å². The summed E-state index contributed by atoms with van der Waals surface area (Å²) in [6.45, 7) is 1.11. The number of piperidine rings is 1. The fourth-order valence-electron chi connectivity index (χ4n) is 3.15. The molecule has 0 atom stereocenters. The van der Waals surface area contributed by atoms with E-state index >= 15 is 0 Å². The number of hydrogen-bond donors (Lipinski definition) is 0. The zero-order valence-electron chi connectivity index (χ0n) is 15.8. The number of non-ortho nitro benzene ring substituents is 1. The molecule has 2 aromatic rings. The standard InChI is InChI=1S/C20H22N2O6S/c23-20(28-18-9-7-17(8-10-18)22(24)25)13-6-16-4-11-19(12-5-16)29(26,27)21-14-2-1-3-15-21/h4-5,7-12H,1-3,6,13-15H2. The van der Waals surface area contributed by atoms with Crippen LogP contribution in [0.1, 0.15) is 31.2 Å². The lowest BCUT2D eigenvalue weighted by Gasteiger charge is -2.25. The predicted octanol–water partition coefficient (Wildman–Crippen LogP) is 3.31. The first kappa shape index (κ1) is 20.9. The fraction of sp³-hybridized carbons (Fsp3) is 0.350. The SMILES string of the molecule is O=C(CCc1ccc(S(=O)(=O)N2CCCCC2)cc1)Oc1ccc([N+](=O)[O-])cc1. The number of ether oxygens (including phenoxy) is 1. The molecule has 1 aliphatic heterocycles. The summed E-state index contributed by atoms with van der Waals surface area (Å²) in [7, 11) is -3.47. The highest BCUT2D eigenvalue weighted by molar-refractivity contribution is 7.89. The Bertz CT molecular complexity index is 965. The van der Waals surface area contributed by atoms with Gasteiger partial charge in [-0.05, 0) is 49.1 Å². The molecule has 1 saturated heterocycles. The van der Waals surface area contributed by atoms with E-state index in [0.717, 1.165) is 24.8 Å². The summed E-state index contributed by atoms with van der Waals surface area (Å²) in [5.41, 5.74) is 0.743. The average molecular weight is 418 g/mol. The van der Waals surface area contributed by atoms with Gasteiger partial charge in [-0.15, -0.1) is 0 Å². The van der Waals surface area contributed by atoms with E-state index in [4.69, 9.17) is 4.74 Å². The summed E-state index contributed by atoms with van der Waals surface area (Å²) >= 11 is 0. The molecule has 9 heteroatoms. The molecule has 0 saturated carbocycles. The Hall–Kier alpha value is -2.78. The maximum atomic E-state index is 12.6. The number of carbonyl (C=O) groups is 1. The first-order chi connectivity index (χ1) is 13.9. The van der Waals surface area contributed by atoms with Gasteiger partial charge in [0.1, 0.15) is 5.75 Å². The van der Waals surface area contributed by atoms with Crippen LogP contribution in [0, 0.1) is 10.1 Å². The van der Waals surface area contributed by atoms with Crippen molar-refractivity contribution < 1.29 is 22.9 Å². The molecule has 1 heterocycles. The van der Waals surface area contributed by atoms with Crippen LogP contribution in [0.2, 0.25) is 0 Å². The summed E-state index contributed by atoms with van der Waals surface area (Å²) in [5, 5.41) is 10.6. The van der Waals surface area contributed by atoms with Crippen LogP contribution >= 0.6 is 0 Å². The molecular formula is C20H22N2O6S. The van der Waals surface area contributed by atoms with Crippen LogP contribution in [0.25, 0.3) is 0 Å². The van der Waals surface area contributed by atoms with Crippen molar-refractivity contribution >= 4 is 21.7 Å². The van der Waals surface area contributed by atoms with Crippen molar-refractivity contribution in [1.29, 1.82) is 0 Å². The van der Waals surface area contributed by atoms with Crippen LogP contribution in [-0.4, -0.2) is 36.7 Å². The van der Waals surface area contributed by atoms with E-state index in [1.54, 1.807) is 24.3 Å². The van der Waals surface area contributed by atoms with Crippen LogP contribution in [0.4, 0.5) is 5.69 Å².